The van der Waals surface area contributed by atoms with Crippen molar-refractivity contribution >= 4 is 75.6 Å². The number of benzene rings is 2. The molecule has 0 spiro atoms. The molecule has 24 heavy (non-hydrogen) atoms. The number of hydrogen-bond acceptors (Lipinski definition) is 3. The van der Waals surface area contributed by atoms with Crippen LogP contribution in [0.4, 0.5) is 0 Å². The zero-order valence-corrected chi connectivity index (χ0v) is 15.9. The number of ether oxygens (including phenoxy) is 2. The van der Waals surface area contributed by atoms with E-state index in [0.717, 1.165) is 0 Å². The zero-order valence-electron chi connectivity index (χ0n) is 11.3. The van der Waals surface area contributed by atoms with Crippen molar-refractivity contribution in [2.45, 2.75) is 6.29 Å². The first kappa shape index (κ1) is 19.6. The highest BCUT2D eigenvalue weighted by molar-refractivity contribution is 6.44. The molecule has 0 unspecified atom stereocenters. The third-order valence-corrected chi connectivity index (χ3v) is 4.65. The minimum atomic E-state index is -1.77. The molecule has 10 heteroatoms. The maximum atomic E-state index is 11.4. The van der Waals surface area contributed by atoms with E-state index < -0.39 is 12.3 Å². The van der Waals surface area contributed by atoms with Gasteiger partial charge in [-0.1, -0.05) is 69.6 Å². The summed E-state index contributed by atoms with van der Waals surface area (Å²) in [5.74, 6) is -1.50. The van der Waals surface area contributed by atoms with Gasteiger partial charge in [0.1, 0.15) is 11.5 Å². The Labute approximate surface area is 166 Å². The van der Waals surface area contributed by atoms with Crippen LogP contribution in [-0.2, 0) is 4.79 Å². The van der Waals surface area contributed by atoms with Gasteiger partial charge in [0.15, 0.2) is 0 Å². The molecule has 4 nitrogen and oxygen atoms in total. The second-order valence-electron chi connectivity index (χ2n) is 4.30. The molecule has 0 heterocycles. The Bertz CT molecular complexity index is 736. The fourth-order valence-corrected chi connectivity index (χ4v) is 2.71. The number of carbonyl (C=O) groups is 1. The van der Waals surface area contributed by atoms with Gasteiger partial charge in [0.2, 0.25) is 0 Å². The molecule has 0 bridgehead atoms. The third kappa shape index (κ3) is 4.66. The fraction of sp³-hybridized carbons (Fsp3) is 0.0714. The van der Waals surface area contributed by atoms with Crippen molar-refractivity contribution in [1.82, 2.24) is 0 Å². The van der Waals surface area contributed by atoms with E-state index in [0.29, 0.717) is 0 Å². The normalized spacial score (nSPS) is 10.8. The van der Waals surface area contributed by atoms with Crippen molar-refractivity contribution < 1.29 is 19.4 Å². The van der Waals surface area contributed by atoms with E-state index in [-0.39, 0.29) is 41.6 Å². The van der Waals surface area contributed by atoms with Crippen LogP contribution >= 0.6 is 69.6 Å². The topological polar surface area (TPSA) is 55.8 Å². The Balaban J connectivity index is 2.30. The minimum absolute atomic E-state index is 0.0327. The summed E-state index contributed by atoms with van der Waals surface area (Å²) in [7, 11) is 0. The van der Waals surface area contributed by atoms with Gasteiger partial charge in [-0.3, -0.25) is 0 Å². The lowest BCUT2D eigenvalue weighted by Gasteiger charge is -2.19. The molecule has 0 aromatic heterocycles. The second kappa shape index (κ2) is 8.09. The Morgan fingerprint density at radius 3 is 1.38 bits per heavy atom. The van der Waals surface area contributed by atoms with Crippen LogP contribution in [0.3, 0.4) is 0 Å². The molecule has 0 amide bonds. The van der Waals surface area contributed by atoms with Gasteiger partial charge in [-0.15, -0.1) is 0 Å². The van der Waals surface area contributed by atoms with Crippen molar-refractivity contribution in [1.29, 1.82) is 0 Å². The van der Waals surface area contributed by atoms with Gasteiger partial charge in [0.25, 0.3) is 0 Å². The lowest BCUT2D eigenvalue weighted by atomic mass is 10.3. The average molecular weight is 451 g/mol. The van der Waals surface area contributed by atoms with Crippen molar-refractivity contribution in [2.75, 3.05) is 0 Å². The number of carboxylic acids is 1. The van der Waals surface area contributed by atoms with Gasteiger partial charge in [-0.05, 0) is 12.1 Å². The van der Waals surface area contributed by atoms with E-state index in [2.05, 4.69) is 0 Å². The van der Waals surface area contributed by atoms with Crippen LogP contribution in [-0.4, -0.2) is 17.4 Å². The largest absolute Gasteiger partial charge is 0.476 e. The third-order valence-electron chi connectivity index (χ3n) is 2.62. The lowest BCUT2D eigenvalue weighted by Crippen LogP contribution is -2.33. The quantitative estimate of drug-likeness (QED) is 0.418. The van der Waals surface area contributed by atoms with Crippen LogP contribution < -0.4 is 9.47 Å². The summed E-state index contributed by atoms with van der Waals surface area (Å²) in [6.07, 6.45) is -1.77. The molecule has 1 N–H and O–H groups in total. The summed E-state index contributed by atoms with van der Waals surface area (Å²) >= 11 is 35.2. The number of aliphatic carboxylic acids is 1. The summed E-state index contributed by atoms with van der Waals surface area (Å²) < 4.78 is 10.5. The molecule has 2 aromatic carbocycles. The van der Waals surface area contributed by atoms with Gasteiger partial charge in [-0.2, -0.15) is 0 Å². The molecule has 0 saturated carbocycles. The van der Waals surface area contributed by atoms with Crippen molar-refractivity contribution in [3.63, 3.8) is 0 Å². The molecule has 0 saturated heterocycles. The summed E-state index contributed by atoms with van der Waals surface area (Å²) in [6.45, 7) is 0. The van der Waals surface area contributed by atoms with Crippen LogP contribution in [0.15, 0.2) is 24.3 Å². The molecule has 0 atom stereocenters. The molecular weight excluding hydrogens is 445 g/mol. The second-order valence-corrected chi connectivity index (χ2v) is 6.74. The summed E-state index contributed by atoms with van der Waals surface area (Å²) in [6, 6.07) is 5.15. The van der Waals surface area contributed by atoms with E-state index in [1.54, 1.807) is 0 Å². The first-order chi connectivity index (χ1) is 11.2. The highest BCUT2D eigenvalue weighted by atomic mass is 35.5. The fourth-order valence-electron chi connectivity index (χ4n) is 1.54. The van der Waals surface area contributed by atoms with Crippen LogP contribution in [0.1, 0.15) is 0 Å². The monoisotopic (exact) mass is 448 g/mol. The summed E-state index contributed by atoms with van der Waals surface area (Å²) in [5.41, 5.74) is 0. The maximum Gasteiger partial charge on any atom is 0.387 e. The van der Waals surface area contributed by atoms with Crippen molar-refractivity contribution in [3.05, 3.63) is 54.4 Å². The zero-order chi connectivity index (χ0) is 18.0. The number of hydrogen-bond donors (Lipinski definition) is 1. The standard InChI is InChI=1S/C14H6Cl6O4/c15-5-1-9(19)11(3-7(5)17)23-14(13(21)22)24-12-4-8(18)6(16)2-10(12)20/h1-4,14H,(H,21,22). The number of carboxylic acid groups (broad SMARTS) is 1. The smallest absolute Gasteiger partial charge is 0.387 e. The minimum Gasteiger partial charge on any atom is -0.476 e. The van der Waals surface area contributed by atoms with Crippen molar-refractivity contribution in [2.24, 2.45) is 0 Å². The van der Waals surface area contributed by atoms with Crippen LogP contribution in [0, 0.1) is 0 Å². The molecule has 0 radical (unpaired) electrons. The van der Waals surface area contributed by atoms with Gasteiger partial charge in [0, 0.05) is 12.1 Å². The molecular formula is C14H6Cl6O4. The Hall–Kier alpha value is -0.750. The van der Waals surface area contributed by atoms with Crippen LogP contribution in [0.2, 0.25) is 30.1 Å². The molecule has 2 rings (SSSR count). The van der Waals surface area contributed by atoms with Gasteiger partial charge < -0.3 is 14.6 Å². The number of halogens is 6. The first-order valence-electron chi connectivity index (χ1n) is 6.04. The lowest BCUT2D eigenvalue weighted by molar-refractivity contribution is -0.158. The summed E-state index contributed by atoms with van der Waals surface area (Å²) in [5, 5.41) is 10.0. The Kier molecular flexibility index (Phi) is 6.59. The predicted octanol–water partition coefficient (Wildman–Crippen LogP) is 6.48. The Morgan fingerprint density at radius 2 is 1.04 bits per heavy atom. The van der Waals surface area contributed by atoms with E-state index in [9.17, 15) is 9.90 Å². The first-order valence-corrected chi connectivity index (χ1v) is 8.31. The molecule has 0 aliphatic carbocycles. The molecule has 2 aromatic rings. The molecule has 128 valence electrons. The van der Waals surface area contributed by atoms with E-state index in [1.165, 1.54) is 24.3 Å². The van der Waals surface area contributed by atoms with Gasteiger partial charge in [-0.25, -0.2) is 4.79 Å². The van der Waals surface area contributed by atoms with E-state index in [4.69, 9.17) is 79.1 Å². The number of rotatable bonds is 5. The van der Waals surface area contributed by atoms with Gasteiger partial charge >= 0.3 is 12.3 Å². The van der Waals surface area contributed by atoms with Gasteiger partial charge in [0.05, 0.1) is 30.1 Å². The average Bonchev–Trinajstić information content (AvgIpc) is 2.48. The molecule has 0 aliphatic heterocycles. The van der Waals surface area contributed by atoms with E-state index >= 15 is 0 Å². The highest BCUT2D eigenvalue weighted by Crippen LogP contribution is 2.37. The maximum absolute atomic E-state index is 11.4. The Morgan fingerprint density at radius 1 is 0.708 bits per heavy atom. The van der Waals surface area contributed by atoms with E-state index in [1.807, 2.05) is 0 Å². The molecule has 0 aliphatic rings. The highest BCUT2D eigenvalue weighted by Gasteiger charge is 2.25. The van der Waals surface area contributed by atoms with Crippen LogP contribution in [0.25, 0.3) is 0 Å². The SMILES string of the molecule is O=C(O)C(Oc1cc(Cl)c(Cl)cc1Cl)Oc1cc(Cl)c(Cl)cc1Cl. The molecule has 0 fully saturated rings. The van der Waals surface area contributed by atoms with Crippen LogP contribution in [0.5, 0.6) is 11.5 Å². The summed E-state index contributed by atoms with van der Waals surface area (Å²) in [4.78, 5) is 11.4. The predicted molar refractivity (Wildman–Crippen MR) is 95.6 cm³/mol. The van der Waals surface area contributed by atoms with Crippen molar-refractivity contribution in [3.8, 4) is 11.5 Å².